The van der Waals surface area contributed by atoms with E-state index in [1.807, 2.05) is 37.3 Å². The molecule has 1 saturated heterocycles. The van der Waals surface area contributed by atoms with Crippen molar-refractivity contribution >= 4 is 5.78 Å². The monoisotopic (exact) mass is 233 g/mol. The van der Waals surface area contributed by atoms with E-state index in [1.54, 1.807) is 0 Å². The van der Waals surface area contributed by atoms with E-state index in [9.17, 15) is 4.79 Å². The van der Waals surface area contributed by atoms with Crippen molar-refractivity contribution in [1.82, 2.24) is 4.90 Å². The van der Waals surface area contributed by atoms with Crippen LogP contribution in [-0.4, -0.2) is 41.5 Å². The van der Waals surface area contributed by atoms with E-state index in [0.717, 1.165) is 25.1 Å². The van der Waals surface area contributed by atoms with Crippen molar-refractivity contribution in [2.75, 3.05) is 19.7 Å². The van der Waals surface area contributed by atoms with Crippen molar-refractivity contribution in [1.29, 1.82) is 0 Å². The summed E-state index contributed by atoms with van der Waals surface area (Å²) >= 11 is 0. The zero-order valence-corrected chi connectivity index (χ0v) is 10.2. The van der Waals surface area contributed by atoms with E-state index < -0.39 is 0 Å². The van der Waals surface area contributed by atoms with E-state index in [-0.39, 0.29) is 18.4 Å². The maximum atomic E-state index is 12.2. The number of ketones is 1. The fraction of sp³-hybridized carbons (Fsp3) is 0.500. The van der Waals surface area contributed by atoms with Crippen LogP contribution in [0, 0.1) is 5.92 Å². The summed E-state index contributed by atoms with van der Waals surface area (Å²) in [5, 5.41) is 9.11. The van der Waals surface area contributed by atoms with E-state index in [4.69, 9.17) is 5.11 Å². The number of hydrogen-bond acceptors (Lipinski definition) is 3. The normalized spacial score (nSPS) is 22.6. The highest BCUT2D eigenvalue weighted by Gasteiger charge is 2.29. The number of Topliss-reactive ketones (excluding diaryl/α,β-unsaturated/α-hetero) is 1. The minimum absolute atomic E-state index is 0.0889. The maximum absolute atomic E-state index is 12.2. The third kappa shape index (κ3) is 2.73. The van der Waals surface area contributed by atoms with Crippen LogP contribution in [0.25, 0.3) is 0 Å². The van der Waals surface area contributed by atoms with Crippen molar-refractivity contribution in [2.45, 2.75) is 19.4 Å². The second-order valence-corrected chi connectivity index (χ2v) is 4.74. The van der Waals surface area contributed by atoms with Gasteiger partial charge in [0.25, 0.3) is 0 Å². The van der Waals surface area contributed by atoms with Gasteiger partial charge < -0.3 is 5.11 Å². The number of benzene rings is 1. The molecule has 1 aromatic carbocycles. The lowest BCUT2D eigenvalue weighted by Gasteiger charge is -2.23. The van der Waals surface area contributed by atoms with Gasteiger partial charge in [0.2, 0.25) is 0 Å². The van der Waals surface area contributed by atoms with Crippen molar-refractivity contribution in [3.05, 3.63) is 35.9 Å². The SMILES string of the molecule is CC(C(=O)c1ccccc1)N1CCC(CO)C1. The van der Waals surface area contributed by atoms with Gasteiger partial charge in [-0.05, 0) is 25.8 Å². The first kappa shape index (κ1) is 12.3. The standard InChI is InChI=1S/C14H19NO2/c1-11(15-8-7-12(9-15)10-16)14(17)13-5-3-2-4-6-13/h2-6,11-12,16H,7-10H2,1H3. The van der Waals surface area contributed by atoms with Gasteiger partial charge in [0.15, 0.2) is 5.78 Å². The fourth-order valence-corrected chi connectivity index (χ4v) is 2.37. The van der Waals surface area contributed by atoms with Crippen molar-refractivity contribution in [3.8, 4) is 0 Å². The molecule has 0 aliphatic carbocycles. The number of nitrogens with zero attached hydrogens (tertiary/aromatic N) is 1. The Balaban J connectivity index is 2.01. The topological polar surface area (TPSA) is 40.5 Å². The van der Waals surface area contributed by atoms with E-state index >= 15 is 0 Å². The largest absolute Gasteiger partial charge is 0.396 e. The van der Waals surface area contributed by atoms with Gasteiger partial charge in [-0.25, -0.2) is 0 Å². The molecule has 92 valence electrons. The Morgan fingerprint density at radius 2 is 2.18 bits per heavy atom. The summed E-state index contributed by atoms with van der Waals surface area (Å²) in [7, 11) is 0. The van der Waals surface area contributed by atoms with Crippen molar-refractivity contribution in [3.63, 3.8) is 0 Å². The van der Waals surface area contributed by atoms with Crippen molar-refractivity contribution in [2.24, 2.45) is 5.92 Å². The van der Waals surface area contributed by atoms with Gasteiger partial charge in [-0.3, -0.25) is 9.69 Å². The number of carbonyl (C=O) groups is 1. The average molecular weight is 233 g/mol. The summed E-state index contributed by atoms with van der Waals surface area (Å²) in [4.78, 5) is 14.4. The number of hydrogen-bond donors (Lipinski definition) is 1. The van der Waals surface area contributed by atoms with Gasteiger partial charge in [0.1, 0.15) is 0 Å². The maximum Gasteiger partial charge on any atom is 0.179 e. The molecule has 2 atom stereocenters. The number of carbonyl (C=O) groups excluding carboxylic acids is 1. The molecule has 0 spiro atoms. The molecule has 2 unspecified atom stereocenters. The quantitative estimate of drug-likeness (QED) is 0.803. The smallest absolute Gasteiger partial charge is 0.179 e. The molecule has 2 rings (SSSR count). The third-order valence-electron chi connectivity index (χ3n) is 3.56. The summed E-state index contributed by atoms with van der Waals surface area (Å²) in [6, 6.07) is 9.32. The van der Waals surface area contributed by atoms with Gasteiger partial charge in [-0.1, -0.05) is 30.3 Å². The minimum atomic E-state index is -0.0889. The molecule has 1 aliphatic rings. The first-order valence-corrected chi connectivity index (χ1v) is 6.16. The summed E-state index contributed by atoms with van der Waals surface area (Å²) in [5.41, 5.74) is 0.771. The van der Waals surface area contributed by atoms with Gasteiger partial charge in [0.05, 0.1) is 6.04 Å². The summed E-state index contributed by atoms with van der Waals surface area (Å²) in [6.45, 7) is 3.92. The average Bonchev–Trinajstić information content (AvgIpc) is 2.87. The molecule has 3 heteroatoms. The number of likely N-dealkylation sites (tertiary alicyclic amines) is 1. The van der Waals surface area contributed by atoms with Crippen LogP contribution in [0.3, 0.4) is 0 Å². The lowest BCUT2D eigenvalue weighted by Crippen LogP contribution is -2.37. The lowest BCUT2D eigenvalue weighted by molar-refractivity contribution is 0.0858. The molecule has 0 saturated carbocycles. The zero-order chi connectivity index (χ0) is 12.3. The highest BCUT2D eigenvalue weighted by Crippen LogP contribution is 2.19. The third-order valence-corrected chi connectivity index (χ3v) is 3.56. The second kappa shape index (κ2) is 5.43. The first-order chi connectivity index (χ1) is 8.22. The summed E-state index contributed by atoms with van der Waals surface area (Å²) in [5.74, 6) is 0.505. The van der Waals surface area contributed by atoms with Gasteiger partial charge >= 0.3 is 0 Å². The van der Waals surface area contributed by atoms with Crippen LogP contribution >= 0.6 is 0 Å². The van der Waals surface area contributed by atoms with Crippen LogP contribution in [0.15, 0.2) is 30.3 Å². The Morgan fingerprint density at radius 1 is 1.47 bits per heavy atom. The molecule has 17 heavy (non-hydrogen) atoms. The number of aliphatic hydroxyl groups excluding tert-OH is 1. The van der Waals surface area contributed by atoms with E-state index in [0.29, 0.717) is 5.92 Å². The fourth-order valence-electron chi connectivity index (χ4n) is 2.37. The highest BCUT2D eigenvalue weighted by atomic mass is 16.3. The van der Waals surface area contributed by atoms with Crippen LogP contribution < -0.4 is 0 Å². The molecule has 0 aromatic heterocycles. The second-order valence-electron chi connectivity index (χ2n) is 4.74. The molecule has 1 heterocycles. The zero-order valence-electron chi connectivity index (χ0n) is 10.2. The predicted molar refractivity (Wildman–Crippen MR) is 67.0 cm³/mol. The van der Waals surface area contributed by atoms with E-state index in [2.05, 4.69) is 4.90 Å². The Hall–Kier alpha value is -1.19. The Morgan fingerprint density at radius 3 is 2.76 bits per heavy atom. The van der Waals surface area contributed by atoms with E-state index in [1.165, 1.54) is 0 Å². The molecule has 1 fully saturated rings. The minimum Gasteiger partial charge on any atom is -0.396 e. The molecule has 1 aliphatic heterocycles. The Labute approximate surface area is 102 Å². The molecule has 3 nitrogen and oxygen atoms in total. The van der Waals surface area contributed by atoms with Crippen LogP contribution in [0.2, 0.25) is 0 Å². The molecular weight excluding hydrogens is 214 g/mol. The first-order valence-electron chi connectivity index (χ1n) is 6.16. The van der Waals surface area contributed by atoms with Crippen LogP contribution in [0.4, 0.5) is 0 Å². The van der Waals surface area contributed by atoms with Crippen molar-refractivity contribution < 1.29 is 9.90 Å². The molecule has 0 bridgehead atoms. The molecule has 1 N–H and O–H groups in total. The summed E-state index contributed by atoms with van der Waals surface area (Å²) in [6.07, 6.45) is 0.989. The molecule has 0 radical (unpaired) electrons. The Kier molecular flexibility index (Phi) is 3.92. The van der Waals surface area contributed by atoms with Gasteiger partial charge in [0, 0.05) is 18.7 Å². The van der Waals surface area contributed by atoms with Crippen LogP contribution in [0.5, 0.6) is 0 Å². The molecular formula is C14H19NO2. The van der Waals surface area contributed by atoms with Crippen LogP contribution in [-0.2, 0) is 0 Å². The molecule has 1 aromatic rings. The molecule has 0 amide bonds. The Bertz CT molecular complexity index is 377. The lowest BCUT2D eigenvalue weighted by atomic mass is 10.0. The number of rotatable bonds is 4. The van der Waals surface area contributed by atoms with Crippen LogP contribution in [0.1, 0.15) is 23.7 Å². The number of aliphatic hydroxyl groups is 1. The summed E-state index contributed by atoms with van der Waals surface area (Å²) < 4.78 is 0. The van der Waals surface area contributed by atoms with Gasteiger partial charge in [-0.2, -0.15) is 0 Å². The van der Waals surface area contributed by atoms with Gasteiger partial charge in [-0.15, -0.1) is 0 Å². The highest BCUT2D eigenvalue weighted by molar-refractivity contribution is 5.99. The predicted octanol–water partition coefficient (Wildman–Crippen LogP) is 1.57.